The van der Waals surface area contributed by atoms with Gasteiger partial charge >= 0.3 is 0 Å². The Bertz CT molecular complexity index is 515. The topological polar surface area (TPSA) is 21.3 Å². The van der Waals surface area contributed by atoms with Gasteiger partial charge in [0.25, 0.3) is 0 Å². The third-order valence-corrected chi connectivity index (χ3v) is 3.50. The molecule has 0 aliphatic carbocycles. The zero-order valence-electron chi connectivity index (χ0n) is 11.7. The van der Waals surface area contributed by atoms with Crippen molar-refractivity contribution in [2.75, 3.05) is 13.2 Å². The average molecular weight is 290 g/mol. The average Bonchev–Trinajstić information content (AvgIpc) is 2.48. The molecular weight excluding hydrogens is 270 g/mol. The number of halogens is 1. The molecule has 0 fully saturated rings. The Balaban J connectivity index is 1.67. The fraction of sp³-hybridized carbons (Fsp3) is 0.294. The number of hydrogen-bond donors (Lipinski definition) is 1. The summed E-state index contributed by atoms with van der Waals surface area (Å²) in [6, 6.07) is 18.1. The van der Waals surface area contributed by atoms with Crippen molar-refractivity contribution < 1.29 is 4.74 Å². The molecule has 0 amide bonds. The van der Waals surface area contributed by atoms with Gasteiger partial charge < -0.3 is 10.1 Å². The maximum atomic E-state index is 6.17. The Morgan fingerprint density at radius 1 is 1.05 bits per heavy atom. The van der Waals surface area contributed by atoms with E-state index in [1.54, 1.807) is 0 Å². The van der Waals surface area contributed by atoms with Gasteiger partial charge in [-0.2, -0.15) is 0 Å². The Labute approximate surface area is 125 Å². The first-order valence-corrected chi connectivity index (χ1v) is 7.31. The van der Waals surface area contributed by atoms with Gasteiger partial charge in [-0.3, -0.25) is 0 Å². The number of benzene rings is 2. The van der Waals surface area contributed by atoms with E-state index in [0.717, 1.165) is 29.3 Å². The first kappa shape index (κ1) is 14.9. The van der Waals surface area contributed by atoms with Crippen molar-refractivity contribution in [1.82, 2.24) is 5.32 Å². The second-order valence-electron chi connectivity index (χ2n) is 4.71. The van der Waals surface area contributed by atoms with Crippen LogP contribution in [0.2, 0.25) is 5.02 Å². The van der Waals surface area contributed by atoms with Crippen LogP contribution in [0.25, 0.3) is 0 Å². The predicted molar refractivity (Wildman–Crippen MR) is 84.4 cm³/mol. The van der Waals surface area contributed by atoms with Crippen molar-refractivity contribution in [2.45, 2.75) is 19.4 Å². The van der Waals surface area contributed by atoms with Crippen molar-refractivity contribution in [2.24, 2.45) is 0 Å². The lowest BCUT2D eigenvalue weighted by Gasteiger charge is -2.15. The summed E-state index contributed by atoms with van der Waals surface area (Å²) in [4.78, 5) is 0. The van der Waals surface area contributed by atoms with E-state index in [1.165, 1.54) is 0 Å². The molecule has 0 radical (unpaired) electrons. The second-order valence-corrected chi connectivity index (χ2v) is 5.12. The number of hydrogen-bond acceptors (Lipinski definition) is 2. The molecule has 0 heterocycles. The van der Waals surface area contributed by atoms with Gasteiger partial charge in [0.1, 0.15) is 5.75 Å². The molecule has 0 bridgehead atoms. The summed E-state index contributed by atoms with van der Waals surface area (Å²) < 4.78 is 5.65. The Hall–Kier alpha value is -1.51. The third-order valence-electron chi connectivity index (χ3n) is 3.16. The molecule has 2 aromatic carbocycles. The highest BCUT2D eigenvalue weighted by Gasteiger charge is 2.07. The highest BCUT2D eigenvalue weighted by molar-refractivity contribution is 6.31. The zero-order valence-corrected chi connectivity index (χ0v) is 12.4. The standard InChI is InChI=1S/C17H20ClNO/c1-14(16-10-5-6-11-17(16)18)19-12-7-13-20-15-8-3-2-4-9-15/h2-6,8-11,14,19H,7,12-13H2,1H3/t14-/m1/s1. The minimum absolute atomic E-state index is 0.250. The molecule has 0 unspecified atom stereocenters. The lowest BCUT2D eigenvalue weighted by molar-refractivity contribution is 0.305. The van der Waals surface area contributed by atoms with Crippen LogP contribution in [0.5, 0.6) is 5.75 Å². The van der Waals surface area contributed by atoms with Gasteiger partial charge in [-0.25, -0.2) is 0 Å². The van der Waals surface area contributed by atoms with Crippen LogP contribution < -0.4 is 10.1 Å². The van der Waals surface area contributed by atoms with E-state index in [4.69, 9.17) is 16.3 Å². The molecule has 20 heavy (non-hydrogen) atoms. The lowest BCUT2D eigenvalue weighted by Crippen LogP contribution is -2.21. The maximum absolute atomic E-state index is 6.17. The molecule has 0 saturated heterocycles. The van der Waals surface area contributed by atoms with Crippen molar-refractivity contribution in [3.63, 3.8) is 0 Å². The van der Waals surface area contributed by atoms with E-state index in [2.05, 4.69) is 18.3 Å². The van der Waals surface area contributed by atoms with Crippen LogP contribution in [0.1, 0.15) is 24.9 Å². The summed E-state index contributed by atoms with van der Waals surface area (Å²) in [5, 5.41) is 4.27. The van der Waals surface area contributed by atoms with Crippen LogP contribution in [0.4, 0.5) is 0 Å². The first-order chi connectivity index (χ1) is 9.77. The molecule has 0 spiro atoms. The van der Waals surface area contributed by atoms with E-state index < -0.39 is 0 Å². The van der Waals surface area contributed by atoms with Gasteiger partial charge in [-0.05, 0) is 43.7 Å². The minimum Gasteiger partial charge on any atom is -0.494 e. The van der Waals surface area contributed by atoms with Crippen molar-refractivity contribution in [3.05, 3.63) is 65.2 Å². The van der Waals surface area contributed by atoms with Crippen LogP contribution >= 0.6 is 11.6 Å². The van der Waals surface area contributed by atoms with Crippen LogP contribution in [0, 0.1) is 0 Å². The molecule has 2 nitrogen and oxygen atoms in total. The SMILES string of the molecule is C[C@@H](NCCCOc1ccccc1)c1ccccc1Cl. The molecule has 3 heteroatoms. The number of ether oxygens (including phenoxy) is 1. The van der Waals surface area contributed by atoms with Gasteiger partial charge in [0, 0.05) is 11.1 Å². The van der Waals surface area contributed by atoms with Gasteiger partial charge in [0.15, 0.2) is 0 Å². The largest absolute Gasteiger partial charge is 0.494 e. The fourth-order valence-electron chi connectivity index (χ4n) is 2.03. The van der Waals surface area contributed by atoms with Gasteiger partial charge in [0.05, 0.1) is 6.61 Å². The number of para-hydroxylation sites is 1. The molecular formula is C17H20ClNO. The molecule has 106 valence electrons. The minimum atomic E-state index is 0.250. The Morgan fingerprint density at radius 3 is 2.50 bits per heavy atom. The van der Waals surface area contributed by atoms with Gasteiger partial charge in [-0.1, -0.05) is 48.0 Å². The summed E-state index contributed by atoms with van der Waals surface area (Å²) in [6.45, 7) is 3.74. The molecule has 2 aromatic rings. The summed E-state index contributed by atoms with van der Waals surface area (Å²) in [7, 11) is 0. The predicted octanol–water partition coefficient (Wildman–Crippen LogP) is 4.46. The molecule has 0 aliphatic heterocycles. The normalized spacial score (nSPS) is 12.1. The van der Waals surface area contributed by atoms with E-state index in [-0.39, 0.29) is 6.04 Å². The summed E-state index contributed by atoms with van der Waals surface area (Å²) in [5.41, 5.74) is 1.14. The number of nitrogens with one attached hydrogen (secondary N) is 1. The van der Waals surface area contributed by atoms with E-state index in [1.807, 2.05) is 48.5 Å². The molecule has 1 atom stereocenters. The maximum Gasteiger partial charge on any atom is 0.119 e. The fourth-order valence-corrected chi connectivity index (χ4v) is 2.33. The zero-order chi connectivity index (χ0) is 14.2. The van der Waals surface area contributed by atoms with E-state index in [9.17, 15) is 0 Å². The van der Waals surface area contributed by atoms with Crippen LogP contribution in [0.3, 0.4) is 0 Å². The summed E-state index contributed by atoms with van der Waals surface area (Å²) in [6.07, 6.45) is 0.962. The third kappa shape index (κ3) is 4.55. The van der Waals surface area contributed by atoms with E-state index in [0.29, 0.717) is 6.61 Å². The Morgan fingerprint density at radius 2 is 1.75 bits per heavy atom. The molecule has 2 rings (SSSR count). The van der Waals surface area contributed by atoms with Gasteiger partial charge in [-0.15, -0.1) is 0 Å². The Kier molecular flexibility index (Phi) is 5.90. The van der Waals surface area contributed by atoms with Crippen molar-refractivity contribution in [3.8, 4) is 5.75 Å². The summed E-state index contributed by atoms with van der Waals surface area (Å²) in [5.74, 6) is 0.923. The molecule has 0 saturated carbocycles. The van der Waals surface area contributed by atoms with Crippen molar-refractivity contribution >= 4 is 11.6 Å². The smallest absolute Gasteiger partial charge is 0.119 e. The highest BCUT2D eigenvalue weighted by atomic mass is 35.5. The quantitative estimate of drug-likeness (QED) is 0.760. The number of rotatable bonds is 7. The van der Waals surface area contributed by atoms with E-state index >= 15 is 0 Å². The van der Waals surface area contributed by atoms with Crippen LogP contribution in [0.15, 0.2) is 54.6 Å². The highest BCUT2D eigenvalue weighted by Crippen LogP contribution is 2.21. The monoisotopic (exact) mass is 289 g/mol. The van der Waals surface area contributed by atoms with Crippen LogP contribution in [-0.4, -0.2) is 13.2 Å². The second kappa shape index (κ2) is 7.93. The molecule has 0 aromatic heterocycles. The lowest BCUT2D eigenvalue weighted by atomic mass is 10.1. The van der Waals surface area contributed by atoms with Crippen molar-refractivity contribution in [1.29, 1.82) is 0 Å². The summed E-state index contributed by atoms with van der Waals surface area (Å²) >= 11 is 6.17. The molecule has 1 N–H and O–H groups in total. The van der Waals surface area contributed by atoms with Crippen LogP contribution in [-0.2, 0) is 0 Å². The first-order valence-electron chi connectivity index (χ1n) is 6.93. The van der Waals surface area contributed by atoms with Gasteiger partial charge in [0.2, 0.25) is 0 Å². The molecule has 0 aliphatic rings.